The Labute approximate surface area is 143 Å². The number of benzene rings is 2. The largest absolute Gasteiger partial charge is 0.487 e. The fourth-order valence-corrected chi connectivity index (χ4v) is 2.23. The summed E-state index contributed by atoms with van der Waals surface area (Å²) >= 11 is 0. The summed E-state index contributed by atoms with van der Waals surface area (Å²) in [6.07, 6.45) is 0. The zero-order valence-corrected chi connectivity index (χ0v) is 13.3. The van der Waals surface area contributed by atoms with E-state index in [1.165, 1.54) is 18.2 Å². The molecule has 25 heavy (non-hydrogen) atoms. The van der Waals surface area contributed by atoms with Gasteiger partial charge >= 0.3 is 11.7 Å². The average Bonchev–Trinajstić information content (AvgIpc) is 2.60. The van der Waals surface area contributed by atoms with Crippen molar-refractivity contribution in [3.05, 3.63) is 63.7 Å². The molecule has 2 rings (SSSR count). The molecule has 0 heterocycles. The number of nitriles is 1. The average molecular weight is 341 g/mol. The van der Waals surface area contributed by atoms with Crippen LogP contribution in [0.25, 0.3) is 0 Å². The molecule has 1 unspecified atom stereocenters. The first kappa shape index (κ1) is 17.7. The molecule has 0 saturated heterocycles. The molecule has 0 amide bonds. The van der Waals surface area contributed by atoms with Crippen molar-refractivity contribution in [1.29, 1.82) is 5.26 Å². The van der Waals surface area contributed by atoms with Crippen LogP contribution >= 0.6 is 0 Å². The predicted molar refractivity (Wildman–Crippen MR) is 89.4 cm³/mol. The number of nitro benzene ring substituents is 1. The number of carbonyl (C=O) groups is 1. The summed E-state index contributed by atoms with van der Waals surface area (Å²) in [4.78, 5) is 22.2. The van der Waals surface area contributed by atoms with Gasteiger partial charge in [0.1, 0.15) is 0 Å². The van der Waals surface area contributed by atoms with Gasteiger partial charge in [0.25, 0.3) is 0 Å². The van der Waals surface area contributed by atoms with Crippen molar-refractivity contribution in [3.63, 3.8) is 0 Å². The molecule has 8 nitrogen and oxygen atoms in total. The van der Waals surface area contributed by atoms with Gasteiger partial charge in [-0.1, -0.05) is 6.07 Å². The lowest BCUT2D eigenvalue weighted by Gasteiger charge is -2.17. The van der Waals surface area contributed by atoms with Crippen molar-refractivity contribution in [3.8, 4) is 11.8 Å². The minimum atomic E-state index is -1.19. The monoisotopic (exact) mass is 341 g/mol. The maximum absolute atomic E-state index is 11.6. The quantitative estimate of drug-likeness (QED) is 0.585. The van der Waals surface area contributed by atoms with E-state index in [1.807, 2.05) is 6.07 Å². The van der Waals surface area contributed by atoms with Crippen LogP contribution in [-0.4, -0.2) is 22.6 Å². The second-order valence-electron chi connectivity index (χ2n) is 5.02. The topological polar surface area (TPSA) is 125 Å². The molecule has 0 spiro atoms. The van der Waals surface area contributed by atoms with Gasteiger partial charge in [0, 0.05) is 11.8 Å². The van der Waals surface area contributed by atoms with Crippen molar-refractivity contribution in [2.24, 2.45) is 0 Å². The van der Waals surface area contributed by atoms with Gasteiger partial charge in [-0.2, -0.15) is 5.26 Å². The summed E-state index contributed by atoms with van der Waals surface area (Å²) in [6, 6.07) is 11.0. The Balaban J connectivity index is 2.36. The Kier molecular flexibility index (Phi) is 5.53. The van der Waals surface area contributed by atoms with Crippen LogP contribution in [0.2, 0.25) is 0 Å². The molecule has 0 fully saturated rings. The highest BCUT2D eigenvalue weighted by Crippen LogP contribution is 2.31. The van der Waals surface area contributed by atoms with Gasteiger partial charge in [0.15, 0.2) is 11.8 Å². The molecular formula is C17H15N3O5. The molecule has 0 bridgehead atoms. The Morgan fingerprint density at radius 2 is 2.04 bits per heavy atom. The second kappa shape index (κ2) is 7.79. The SMILES string of the molecule is CCOc1ccc(C(Nc2ccc(C#N)cc2)C(=O)O)cc1[N+](=O)[O-]. The van der Waals surface area contributed by atoms with Crippen molar-refractivity contribution in [2.75, 3.05) is 11.9 Å². The van der Waals surface area contributed by atoms with E-state index >= 15 is 0 Å². The maximum Gasteiger partial charge on any atom is 0.330 e. The highest BCUT2D eigenvalue weighted by atomic mass is 16.6. The van der Waals surface area contributed by atoms with Crippen LogP contribution in [-0.2, 0) is 4.79 Å². The molecule has 1 atom stereocenters. The molecule has 8 heteroatoms. The van der Waals surface area contributed by atoms with E-state index in [0.717, 1.165) is 0 Å². The Bertz CT molecular complexity index is 827. The van der Waals surface area contributed by atoms with Gasteiger partial charge < -0.3 is 15.2 Å². The summed E-state index contributed by atoms with van der Waals surface area (Å²) < 4.78 is 5.20. The van der Waals surface area contributed by atoms with Gasteiger partial charge in [-0.3, -0.25) is 10.1 Å². The first-order valence-electron chi connectivity index (χ1n) is 7.37. The molecule has 0 aliphatic heterocycles. The van der Waals surface area contributed by atoms with E-state index in [1.54, 1.807) is 31.2 Å². The third kappa shape index (κ3) is 4.23. The fraction of sp³-hybridized carbons (Fsp3) is 0.176. The molecule has 0 aromatic heterocycles. The molecular weight excluding hydrogens is 326 g/mol. The molecule has 2 N–H and O–H groups in total. The van der Waals surface area contributed by atoms with Crippen LogP contribution in [0, 0.1) is 21.4 Å². The number of nitrogens with one attached hydrogen (secondary N) is 1. The van der Waals surface area contributed by atoms with Crippen molar-refractivity contribution >= 4 is 17.3 Å². The summed E-state index contributed by atoms with van der Waals surface area (Å²) in [6.45, 7) is 1.95. The third-order valence-electron chi connectivity index (χ3n) is 3.38. The van der Waals surface area contributed by atoms with Crippen LogP contribution in [0.4, 0.5) is 11.4 Å². The molecule has 2 aromatic carbocycles. The van der Waals surface area contributed by atoms with E-state index in [-0.39, 0.29) is 23.6 Å². The number of anilines is 1. The van der Waals surface area contributed by atoms with E-state index < -0.39 is 16.9 Å². The van der Waals surface area contributed by atoms with Crippen molar-refractivity contribution in [2.45, 2.75) is 13.0 Å². The predicted octanol–water partition coefficient (Wildman–Crippen LogP) is 3.10. The minimum absolute atomic E-state index is 0.0822. The number of nitro groups is 1. The molecule has 0 aliphatic rings. The smallest absolute Gasteiger partial charge is 0.330 e. The molecule has 0 aliphatic carbocycles. The van der Waals surface area contributed by atoms with Crippen LogP contribution in [0.1, 0.15) is 24.1 Å². The molecule has 0 saturated carbocycles. The van der Waals surface area contributed by atoms with Crippen molar-refractivity contribution < 1.29 is 19.6 Å². The zero-order chi connectivity index (χ0) is 18.4. The van der Waals surface area contributed by atoms with E-state index in [0.29, 0.717) is 11.3 Å². The Hall–Kier alpha value is -3.60. The number of carboxylic acid groups (broad SMARTS) is 1. The Morgan fingerprint density at radius 1 is 1.36 bits per heavy atom. The van der Waals surface area contributed by atoms with Gasteiger partial charge in [-0.25, -0.2) is 4.79 Å². The van der Waals surface area contributed by atoms with Crippen LogP contribution in [0.15, 0.2) is 42.5 Å². The molecule has 2 aromatic rings. The minimum Gasteiger partial charge on any atom is -0.487 e. The van der Waals surface area contributed by atoms with Gasteiger partial charge in [0.2, 0.25) is 0 Å². The lowest BCUT2D eigenvalue weighted by molar-refractivity contribution is -0.385. The Morgan fingerprint density at radius 3 is 2.56 bits per heavy atom. The summed E-state index contributed by atoms with van der Waals surface area (Å²) in [5.74, 6) is -1.11. The lowest BCUT2D eigenvalue weighted by Crippen LogP contribution is -2.20. The van der Waals surface area contributed by atoms with Gasteiger partial charge in [-0.15, -0.1) is 0 Å². The lowest BCUT2D eigenvalue weighted by atomic mass is 10.0. The zero-order valence-electron chi connectivity index (χ0n) is 13.3. The summed E-state index contributed by atoms with van der Waals surface area (Å²) in [7, 11) is 0. The number of ether oxygens (including phenoxy) is 1. The van der Waals surface area contributed by atoms with Crippen molar-refractivity contribution in [1.82, 2.24) is 0 Å². The van der Waals surface area contributed by atoms with E-state index in [4.69, 9.17) is 10.00 Å². The normalized spacial score (nSPS) is 11.2. The van der Waals surface area contributed by atoms with Crippen LogP contribution in [0.3, 0.4) is 0 Å². The van der Waals surface area contributed by atoms with E-state index in [9.17, 15) is 20.0 Å². The first-order chi connectivity index (χ1) is 12.0. The number of nitrogens with zero attached hydrogens (tertiary/aromatic N) is 2. The van der Waals surface area contributed by atoms with Gasteiger partial charge in [0.05, 0.1) is 23.2 Å². The number of rotatable bonds is 7. The number of carboxylic acids is 1. The molecule has 128 valence electrons. The fourth-order valence-electron chi connectivity index (χ4n) is 2.23. The highest BCUT2D eigenvalue weighted by molar-refractivity contribution is 5.80. The first-order valence-corrected chi connectivity index (χ1v) is 7.37. The third-order valence-corrected chi connectivity index (χ3v) is 3.38. The number of hydrogen-bond donors (Lipinski definition) is 2. The van der Waals surface area contributed by atoms with Gasteiger partial charge in [-0.05, 0) is 42.8 Å². The standard InChI is InChI=1S/C17H15N3O5/c1-2-25-15-8-5-12(9-14(15)20(23)24)16(17(21)22)19-13-6-3-11(10-18)4-7-13/h3-9,16,19H,2H2,1H3,(H,21,22). The summed E-state index contributed by atoms with van der Waals surface area (Å²) in [5.41, 5.74) is 0.830. The summed E-state index contributed by atoms with van der Waals surface area (Å²) in [5, 5.41) is 32.3. The maximum atomic E-state index is 11.6. The number of hydrogen-bond acceptors (Lipinski definition) is 6. The van der Waals surface area contributed by atoms with Crippen LogP contribution in [0.5, 0.6) is 5.75 Å². The van der Waals surface area contributed by atoms with Crippen LogP contribution < -0.4 is 10.1 Å². The highest BCUT2D eigenvalue weighted by Gasteiger charge is 2.24. The second-order valence-corrected chi connectivity index (χ2v) is 5.02. The number of aliphatic carboxylic acids is 1. The van der Waals surface area contributed by atoms with E-state index in [2.05, 4.69) is 5.32 Å². The molecule has 0 radical (unpaired) electrons.